The van der Waals surface area contributed by atoms with Crippen LogP contribution in [-0.4, -0.2) is 42.9 Å². The number of anilines is 2. The molecule has 2 amide bonds. The number of piperazine rings is 1. The van der Waals surface area contributed by atoms with Gasteiger partial charge < -0.3 is 15.1 Å². The highest BCUT2D eigenvalue weighted by Crippen LogP contribution is 2.22. The number of halogens is 1. The van der Waals surface area contributed by atoms with E-state index >= 15 is 0 Å². The first-order valence-electron chi connectivity index (χ1n) is 8.21. The van der Waals surface area contributed by atoms with Crippen molar-refractivity contribution in [3.8, 4) is 0 Å². The number of nitrogens with one attached hydrogen (secondary N) is 1. The summed E-state index contributed by atoms with van der Waals surface area (Å²) in [5.41, 5.74) is 2.42. The van der Waals surface area contributed by atoms with Crippen molar-refractivity contribution in [3.05, 3.63) is 59.1 Å². The third kappa shape index (κ3) is 4.12. The van der Waals surface area contributed by atoms with E-state index in [2.05, 4.69) is 10.2 Å². The lowest BCUT2D eigenvalue weighted by atomic mass is 10.1. The fraction of sp³-hybridized carbons (Fsp3) is 0.263. The third-order valence-electron chi connectivity index (χ3n) is 4.22. The van der Waals surface area contributed by atoms with Crippen LogP contribution in [0.25, 0.3) is 0 Å². The monoisotopic (exact) mass is 357 g/mol. The summed E-state index contributed by atoms with van der Waals surface area (Å²) in [4.78, 5) is 27.7. The molecule has 0 bridgehead atoms. The molecule has 1 aliphatic heterocycles. The number of nitrogens with zero attached hydrogens (tertiary/aromatic N) is 2. The summed E-state index contributed by atoms with van der Waals surface area (Å²) in [6.07, 6.45) is 0. The molecule has 1 N–H and O–H groups in total. The van der Waals surface area contributed by atoms with Crippen LogP contribution >= 0.6 is 11.6 Å². The van der Waals surface area contributed by atoms with Gasteiger partial charge in [0.1, 0.15) is 0 Å². The zero-order valence-electron chi connectivity index (χ0n) is 14.0. The highest BCUT2D eigenvalue weighted by Gasteiger charge is 2.23. The van der Waals surface area contributed by atoms with E-state index in [1.54, 1.807) is 12.1 Å². The van der Waals surface area contributed by atoms with Crippen molar-refractivity contribution in [2.24, 2.45) is 0 Å². The Hall–Kier alpha value is -2.53. The summed E-state index contributed by atoms with van der Waals surface area (Å²) in [5, 5.41) is 3.25. The van der Waals surface area contributed by atoms with Crippen molar-refractivity contribution < 1.29 is 9.59 Å². The van der Waals surface area contributed by atoms with Crippen molar-refractivity contribution in [2.45, 2.75) is 6.92 Å². The van der Waals surface area contributed by atoms with Gasteiger partial charge in [-0.2, -0.15) is 0 Å². The molecule has 0 radical (unpaired) electrons. The number of carbonyl (C=O) groups is 2. The lowest BCUT2D eigenvalue weighted by Gasteiger charge is -2.36. The molecule has 2 aromatic carbocycles. The number of hydrogen-bond acceptors (Lipinski definition) is 3. The summed E-state index contributed by atoms with van der Waals surface area (Å²) in [7, 11) is 0. The molecule has 5 nitrogen and oxygen atoms in total. The van der Waals surface area contributed by atoms with Gasteiger partial charge in [0.05, 0.1) is 10.6 Å². The van der Waals surface area contributed by atoms with E-state index in [4.69, 9.17) is 11.6 Å². The average molecular weight is 358 g/mol. The molecule has 25 heavy (non-hydrogen) atoms. The Morgan fingerprint density at radius 3 is 2.20 bits per heavy atom. The Balaban J connectivity index is 1.61. The van der Waals surface area contributed by atoms with Crippen molar-refractivity contribution in [3.63, 3.8) is 0 Å². The number of benzene rings is 2. The van der Waals surface area contributed by atoms with E-state index < -0.39 is 0 Å². The highest BCUT2D eigenvalue weighted by atomic mass is 35.5. The molecule has 0 saturated carbocycles. The van der Waals surface area contributed by atoms with Gasteiger partial charge in [0.15, 0.2) is 0 Å². The highest BCUT2D eigenvalue weighted by molar-refractivity contribution is 6.33. The lowest BCUT2D eigenvalue weighted by molar-refractivity contribution is -0.114. The first kappa shape index (κ1) is 17.3. The topological polar surface area (TPSA) is 52.7 Å². The van der Waals surface area contributed by atoms with Gasteiger partial charge in [-0.1, -0.05) is 23.7 Å². The van der Waals surface area contributed by atoms with Crippen LogP contribution in [0.15, 0.2) is 48.5 Å². The quantitative estimate of drug-likeness (QED) is 0.917. The largest absolute Gasteiger partial charge is 0.368 e. The van der Waals surface area contributed by atoms with Crippen LogP contribution in [0.5, 0.6) is 0 Å². The van der Waals surface area contributed by atoms with Crippen LogP contribution in [-0.2, 0) is 4.79 Å². The van der Waals surface area contributed by atoms with Crippen molar-refractivity contribution in [1.29, 1.82) is 0 Å². The summed E-state index contributed by atoms with van der Waals surface area (Å²) in [6, 6.07) is 14.9. The Morgan fingerprint density at radius 2 is 1.60 bits per heavy atom. The fourth-order valence-corrected chi connectivity index (χ4v) is 3.15. The van der Waals surface area contributed by atoms with Crippen LogP contribution in [0, 0.1) is 0 Å². The van der Waals surface area contributed by atoms with E-state index in [-0.39, 0.29) is 11.8 Å². The Kier molecular flexibility index (Phi) is 5.24. The SMILES string of the molecule is CC(=O)Nc1ccc(N2CCN(C(=O)c3ccccc3Cl)CC2)cc1. The minimum absolute atomic E-state index is 0.0220. The predicted octanol–water partition coefficient (Wildman–Crippen LogP) is 3.26. The molecular formula is C19H20ClN3O2. The van der Waals surface area contributed by atoms with Crippen LogP contribution < -0.4 is 10.2 Å². The first-order valence-corrected chi connectivity index (χ1v) is 8.59. The van der Waals surface area contributed by atoms with Crippen LogP contribution in [0.3, 0.4) is 0 Å². The maximum Gasteiger partial charge on any atom is 0.255 e. The summed E-state index contributed by atoms with van der Waals surface area (Å²) in [5.74, 6) is -0.106. The molecule has 0 atom stereocenters. The second-order valence-electron chi connectivity index (χ2n) is 5.99. The molecule has 1 aliphatic rings. The lowest BCUT2D eigenvalue weighted by Crippen LogP contribution is -2.48. The van der Waals surface area contributed by atoms with E-state index in [1.807, 2.05) is 41.3 Å². The molecule has 1 heterocycles. The van der Waals surface area contributed by atoms with Gasteiger partial charge in [-0.15, -0.1) is 0 Å². The number of amides is 2. The van der Waals surface area contributed by atoms with Crippen molar-refractivity contribution >= 4 is 34.8 Å². The van der Waals surface area contributed by atoms with Gasteiger partial charge in [0, 0.05) is 44.5 Å². The number of hydrogen-bond donors (Lipinski definition) is 1. The van der Waals surface area contributed by atoms with Gasteiger partial charge in [0.25, 0.3) is 5.91 Å². The molecule has 6 heteroatoms. The smallest absolute Gasteiger partial charge is 0.255 e. The van der Waals surface area contributed by atoms with Crippen LogP contribution in [0.2, 0.25) is 5.02 Å². The molecule has 0 aliphatic carbocycles. The number of carbonyl (C=O) groups excluding carboxylic acids is 2. The Morgan fingerprint density at radius 1 is 0.960 bits per heavy atom. The fourth-order valence-electron chi connectivity index (χ4n) is 2.93. The standard InChI is InChI=1S/C19H20ClN3O2/c1-14(24)21-15-6-8-16(9-7-15)22-10-12-23(13-11-22)19(25)17-4-2-3-5-18(17)20/h2-9H,10-13H2,1H3,(H,21,24). The minimum Gasteiger partial charge on any atom is -0.368 e. The van der Waals surface area contributed by atoms with Gasteiger partial charge in [-0.05, 0) is 36.4 Å². The van der Waals surface area contributed by atoms with Gasteiger partial charge >= 0.3 is 0 Å². The zero-order chi connectivity index (χ0) is 17.8. The summed E-state index contributed by atoms with van der Waals surface area (Å²) >= 11 is 6.13. The normalized spacial score (nSPS) is 14.3. The molecule has 0 unspecified atom stereocenters. The van der Waals surface area contributed by atoms with E-state index in [0.29, 0.717) is 23.7 Å². The van der Waals surface area contributed by atoms with Crippen molar-refractivity contribution in [2.75, 3.05) is 36.4 Å². The van der Waals surface area contributed by atoms with Gasteiger partial charge in [-0.3, -0.25) is 9.59 Å². The average Bonchev–Trinajstić information content (AvgIpc) is 2.62. The molecule has 0 spiro atoms. The minimum atomic E-state index is -0.0838. The summed E-state index contributed by atoms with van der Waals surface area (Å²) in [6.45, 7) is 4.31. The first-order chi connectivity index (χ1) is 12.0. The van der Waals surface area contributed by atoms with E-state index in [9.17, 15) is 9.59 Å². The van der Waals surface area contributed by atoms with Gasteiger partial charge in [0.2, 0.25) is 5.91 Å². The predicted molar refractivity (Wildman–Crippen MR) is 100 cm³/mol. The maximum atomic E-state index is 12.6. The van der Waals surface area contributed by atoms with Crippen LogP contribution in [0.4, 0.5) is 11.4 Å². The van der Waals surface area contributed by atoms with E-state index in [1.165, 1.54) is 6.92 Å². The second-order valence-corrected chi connectivity index (χ2v) is 6.39. The van der Waals surface area contributed by atoms with Gasteiger partial charge in [-0.25, -0.2) is 0 Å². The second kappa shape index (κ2) is 7.57. The molecule has 2 aromatic rings. The molecule has 0 aromatic heterocycles. The summed E-state index contributed by atoms with van der Waals surface area (Å²) < 4.78 is 0. The molecule has 1 saturated heterocycles. The Labute approximate surface area is 152 Å². The molecular weight excluding hydrogens is 338 g/mol. The Bertz CT molecular complexity index is 768. The molecule has 130 valence electrons. The third-order valence-corrected chi connectivity index (χ3v) is 4.55. The molecule has 3 rings (SSSR count). The maximum absolute atomic E-state index is 12.6. The van der Waals surface area contributed by atoms with Crippen molar-refractivity contribution in [1.82, 2.24) is 4.90 Å². The van der Waals surface area contributed by atoms with Crippen LogP contribution in [0.1, 0.15) is 17.3 Å². The molecule has 1 fully saturated rings. The van der Waals surface area contributed by atoms with E-state index in [0.717, 1.165) is 24.5 Å². The number of rotatable bonds is 3. The zero-order valence-corrected chi connectivity index (χ0v) is 14.8.